The lowest BCUT2D eigenvalue weighted by molar-refractivity contribution is 0.326. The van der Waals surface area contributed by atoms with Gasteiger partial charge in [0.1, 0.15) is 5.82 Å². The molecule has 1 aliphatic heterocycles. The average molecular weight is 324 g/mol. The molecule has 6 nitrogen and oxygen atoms in total. The van der Waals surface area contributed by atoms with E-state index in [1.165, 1.54) is 11.4 Å². The van der Waals surface area contributed by atoms with E-state index in [1.54, 1.807) is 0 Å². The molecule has 126 valence electrons. The lowest BCUT2D eigenvalue weighted by Crippen LogP contribution is -2.20. The molecule has 4 heterocycles. The van der Waals surface area contributed by atoms with Crippen LogP contribution in [0.25, 0.3) is 5.65 Å². The van der Waals surface area contributed by atoms with Gasteiger partial charge in [-0.2, -0.15) is 5.10 Å². The third kappa shape index (κ3) is 2.60. The van der Waals surface area contributed by atoms with Gasteiger partial charge in [-0.15, -0.1) is 0 Å². The quantitative estimate of drug-likeness (QED) is 0.742. The van der Waals surface area contributed by atoms with Gasteiger partial charge in [0.2, 0.25) is 0 Å². The van der Waals surface area contributed by atoms with Crippen molar-refractivity contribution in [3.63, 3.8) is 0 Å². The molecule has 0 aliphatic carbocycles. The summed E-state index contributed by atoms with van der Waals surface area (Å²) in [5.74, 6) is 1.72. The maximum atomic E-state index is 4.70. The number of nitrogens with zero attached hydrogens (tertiary/aromatic N) is 6. The van der Waals surface area contributed by atoms with Gasteiger partial charge in [-0.1, -0.05) is 0 Å². The lowest BCUT2D eigenvalue weighted by atomic mass is 10.1. The topological polar surface area (TPSA) is 51.2 Å². The van der Waals surface area contributed by atoms with E-state index in [-0.39, 0.29) is 0 Å². The van der Waals surface area contributed by atoms with E-state index in [2.05, 4.69) is 47.7 Å². The number of hydrogen-bond acceptors (Lipinski definition) is 4. The van der Waals surface area contributed by atoms with Crippen molar-refractivity contribution in [2.75, 3.05) is 13.1 Å². The fraction of sp³-hybridized carbons (Fsp3) is 0.500. The predicted octanol–water partition coefficient (Wildman–Crippen LogP) is 2.38. The van der Waals surface area contributed by atoms with Gasteiger partial charge in [0, 0.05) is 49.2 Å². The Morgan fingerprint density at radius 3 is 2.75 bits per heavy atom. The normalized spacial score (nSPS) is 18.8. The number of hydrogen-bond donors (Lipinski definition) is 0. The molecule has 0 spiro atoms. The second-order valence-electron chi connectivity index (χ2n) is 7.02. The maximum absolute atomic E-state index is 4.70. The van der Waals surface area contributed by atoms with Gasteiger partial charge in [-0.05, 0) is 39.8 Å². The van der Waals surface area contributed by atoms with Crippen LogP contribution in [0.15, 0.2) is 18.5 Å². The molecule has 0 saturated carbocycles. The van der Waals surface area contributed by atoms with E-state index >= 15 is 0 Å². The Bertz CT molecular complexity index is 890. The summed E-state index contributed by atoms with van der Waals surface area (Å²) in [6.07, 6.45) is 5.24. The van der Waals surface area contributed by atoms with Crippen molar-refractivity contribution in [2.45, 2.75) is 39.7 Å². The Kier molecular flexibility index (Phi) is 3.64. The highest BCUT2D eigenvalue weighted by Gasteiger charge is 2.27. The second kappa shape index (κ2) is 5.70. The molecule has 24 heavy (non-hydrogen) atoms. The number of imidazole rings is 1. The van der Waals surface area contributed by atoms with E-state index in [0.29, 0.717) is 5.92 Å². The standard InChI is InChI=1S/C18H24N6/c1-12-7-14(3)24-18(20-12)16(8-19-24)11-23-6-5-15(10-23)17-21-13(2)9-22(17)4/h7-9,15H,5-6,10-11H2,1-4H3/t15-/m0/s1. The molecule has 0 radical (unpaired) electrons. The highest BCUT2D eigenvalue weighted by atomic mass is 15.3. The zero-order chi connectivity index (χ0) is 16.8. The summed E-state index contributed by atoms with van der Waals surface area (Å²) in [7, 11) is 2.10. The largest absolute Gasteiger partial charge is 0.337 e. The third-order valence-electron chi connectivity index (χ3n) is 4.92. The van der Waals surface area contributed by atoms with Gasteiger partial charge in [0.25, 0.3) is 0 Å². The molecule has 0 bridgehead atoms. The van der Waals surface area contributed by atoms with Gasteiger partial charge in [-0.25, -0.2) is 14.5 Å². The van der Waals surface area contributed by atoms with Crippen LogP contribution in [0.4, 0.5) is 0 Å². The minimum absolute atomic E-state index is 0.516. The Labute approximate surface area is 142 Å². The lowest BCUT2D eigenvalue weighted by Gasteiger charge is -2.15. The first-order valence-corrected chi connectivity index (χ1v) is 8.54. The van der Waals surface area contributed by atoms with Crippen molar-refractivity contribution in [3.8, 4) is 0 Å². The number of aromatic nitrogens is 5. The van der Waals surface area contributed by atoms with Crippen LogP contribution in [0.2, 0.25) is 0 Å². The fourth-order valence-electron chi connectivity index (χ4n) is 3.87. The molecule has 0 unspecified atom stereocenters. The van der Waals surface area contributed by atoms with Crippen molar-refractivity contribution >= 4 is 5.65 Å². The molecule has 1 atom stereocenters. The first-order valence-electron chi connectivity index (χ1n) is 8.54. The highest BCUT2D eigenvalue weighted by molar-refractivity contribution is 5.47. The fourth-order valence-corrected chi connectivity index (χ4v) is 3.87. The Morgan fingerprint density at radius 1 is 1.17 bits per heavy atom. The van der Waals surface area contributed by atoms with Crippen molar-refractivity contribution in [1.29, 1.82) is 0 Å². The van der Waals surface area contributed by atoms with E-state index < -0.39 is 0 Å². The zero-order valence-corrected chi connectivity index (χ0v) is 14.8. The number of likely N-dealkylation sites (tertiary alicyclic amines) is 1. The Morgan fingerprint density at radius 2 is 2.00 bits per heavy atom. The van der Waals surface area contributed by atoms with Crippen LogP contribution in [0.1, 0.15) is 40.8 Å². The van der Waals surface area contributed by atoms with Crippen molar-refractivity contribution in [1.82, 2.24) is 29.0 Å². The minimum Gasteiger partial charge on any atom is -0.337 e. The second-order valence-corrected chi connectivity index (χ2v) is 7.02. The molecule has 1 fully saturated rings. The SMILES string of the molecule is Cc1cn(C)c([C@H]2CCN(Cc3cnn4c(C)cc(C)nc34)C2)n1. The summed E-state index contributed by atoms with van der Waals surface area (Å²) in [5, 5.41) is 4.51. The third-order valence-corrected chi connectivity index (χ3v) is 4.92. The highest BCUT2D eigenvalue weighted by Crippen LogP contribution is 2.28. The summed E-state index contributed by atoms with van der Waals surface area (Å²) in [4.78, 5) is 11.9. The number of rotatable bonds is 3. The molecule has 0 aromatic carbocycles. The summed E-state index contributed by atoms with van der Waals surface area (Å²) in [6.45, 7) is 9.23. The van der Waals surface area contributed by atoms with Gasteiger partial charge in [0.05, 0.1) is 11.9 Å². The first kappa shape index (κ1) is 15.3. The summed E-state index contributed by atoms with van der Waals surface area (Å²) in [5.41, 5.74) is 5.47. The average Bonchev–Trinajstić information content (AvgIpc) is 3.20. The monoisotopic (exact) mass is 324 g/mol. The van der Waals surface area contributed by atoms with Gasteiger partial charge < -0.3 is 4.57 Å². The zero-order valence-electron chi connectivity index (χ0n) is 14.8. The molecule has 1 saturated heterocycles. The van der Waals surface area contributed by atoms with Crippen molar-refractivity contribution < 1.29 is 0 Å². The van der Waals surface area contributed by atoms with Crippen LogP contribution in [0.5, 0.6) is 0 Å². The van der Waals surface area contributed by atoms with Crippen molar-refractivity contribution in [3.05, 3.63) is 46.9 Å². The maximum Gasteiger partial charge on any atom is 0.159 e. The summed E-state index contributed by atoms with van der Waals surface area (Å²) >= 11 is 0. The Hall–Kier alpha value is -2.21. The van der Waals surface area contributed by atoms with Crippen LogP contribution in [0.3, 0.4) is 0 Å². The molecular weight excluding hydrogens is 300 g/mol. The first-order chi connectivity index (χ1) is 11.5. The van der Waals surface area contributed by atoms with E-state index in [4.69, 9.17) is 9.97 Å². The van der Waals surface area contributed by atoms with E-state index in [0.717, 1.165) is 48.8 Å². The predicted molar refractivity (Wildman–Crippen MR) is 93.0 cm³/mol. The van der Waals surface area contributed by atoms with Crippen LogP contribution >= 0.6 is 0 Å². The van der Waals surface area contributed by atoms with E-state index in [1.807, 2.05) is 17.6 Å². The van der Waals surface area contributed by atoms with Crippen LogP contribution in [-0.2, 0) is 13.6 Å². The van der Waals surface area contributed by atoms with Gasteiger partial charge in [0.15, 0.2) is 5.65 Å². The minimum atomic E-state index is 0.516. The molecule has 3 aromatic heterocycles. The molecule has 1 aliphatic rings. The van der Waals surface area contributed by atoms with Gasteiger partial charge in [-0.3, -0.25) is 4.90 Å². The van der Waals surface area contributed by atoms with Crippen LogP contribution in [0, 0.1) is 20.8 Å². The van der Waals surface area contributed by atoms with Crippen molar-refractivity contribution in [2.24, 2.45) is 7.05 Å². The van der Waals surface area contributed by atoms with E-state index in [9.17, 15) is 0 Å². The molecule has 0 amide bonds. The summed E-state index contributed by atoms with van der Waals surface area (Å²) in [6, 6.07) is 2.07. The molecule has 0 N–H and O–H groups in total. The number of aryl methyl sites for hydroxylation is 4. The summed E-state index contributed by atoms with van der Waals surface area (Å²) < 4.78 is 4.12. The van der Waals surface area contributed by atoms with Crippen LogP contribution < -0.4 is 0 Å². The van der Waals surface area contributed by atoms with Gasteiger partial charge >= 0.3 is 0 Å². The molecular formula is C18H24N6. The smallest absolute Gasteiger partial charge is 0.159 e. The Balaban J connectivity index is 1.54. The van der Waals surface area contributed by atoms with Crippen LogP contribution in [-0.4, -0.2) is 42.1 Å². The molecule has 4 rings (SSSR count). The molecule has 3 aromatic rings. The molecule has 6 heteroatoms. The number of fused-ring (bicyclic) bond motifs is 1.